The minimum Gasteiger partial charge on any atom is -0.384 e. The highest BCUT2D eigenvalue weighted by Gasteiger charge is 2.12. The molecule has 1 amide bonds. The Morgan fingerprint density at radius 3 is 2.85 bits per heavy atom. The van der Waals surface area contributed by atoms with Crippen molar-refractivity contribution in [1.29, 1.82) is 0 Å². The number of amides is 1. The van der Waals surface area contributed by atoms with Gasteiger partial charge >= 0.3 is 0 Å². The average molecular weight is 289 g/mol. The molecule has 0 saturated heterocycles. The molecule has 20 heavy (non-hydrogen) atoms. The average Bonchev–Trinajstić information content (AvgIpc) is 3.00. The molecule has 2 rings (SSSR count). The fraction of sp³-hybridized carbons (Fsp3) is 0.333. The van der Waals surface area contributed by atoms with Gasteiger partial charge in [-0.3, -0.25) is 4.79 Å². The maximum absolute atomic E-state index is 12.1. The summed E-state index contributed by atoms with van der Waals surface area (Å²) >= 11 is 1.63. The van der Waals surface area contributed by atoms with E-state index in [0.717, 1.165) is 23.5 Å². The summed E-state index contributed by atoms with van der Waals surface area (Å²) < 4.78 is 0. The zero-order valence-corrected chi connectivity index (χ0v) is 12.5. The van der Waals surface area contributed by atoms with Crippen LogP contribution < -0.4 is 10.6 Å². The van der Waals surface area contributed by atoms with Gasteiger partial charge in [-0.2, -0.15) is 0 Å². The third-order valence-electron chi connectivity index (χ3n) is 2.89. The number of carbonyl (C=O) groups excluding carboxylic acids is 1. The molecule has 4 nitrogen and oxygen atoms in total. The van der Waals surface area contributed by atoms with Gasteiger partial charge in [-0.05, 0) is 36.9 Å². The lowest BCUT2D eigenvalue weighted by atomic mass is 10.2. The SMILES string of the molecule is CCCNc1ccc(C(=O)NC(C)c2cccs2)nc1. The molecule has 0 bridgehead atoms. The standard InChI is InChI=1S/C15H19N3OS/c1-3-8-16-12-6-7-13(17-10-12)15(19)18-11(2)14-5-4-9-20-14/h4-7,9-11,16H,3,8H2,1-2H3,(H,18,19). The van der Waals surface area contributed by atoms with Crippen LogP contribution in [0.5, 0.6) is 0 Å². The quantitative estimate of drug-likeness (QED) is 0.856. The van der Waals surface area contributed by atoms with Crippen molar-refractivity contribution in [3.05, 3.63) is 46.4 Å². The lowest BCUT2D eigenvalue weighted by Crippen LogP contribution is -2.26. The van der Waals surface area contributed by atoms with E-state index in [-0.39, 0.29) is 11.9 Å². The number of nitrogens with zero attached hydrogens (tertiary/aromatic N) is 1. The molecule has 0 fully saturated rings. The summed E-state index contributed by atoms with van der Waals surface area (Å²) in [5.41, 5.74) is 1.38. The first-order valence-corrected chi connectivity index (χ1v) is 7.63. The van der Waals surface area contributed by atoms with Crippen LogP contribution in [0.1, 0.15) is 41.7 Å². The number of carbonyl (C=O) groups is 1. The first-order valence-electron chi connectivity index (χ1n) is 6.75. The molecular weight excluding hydrogens is 270 g/mol. The molecule has 0 spiro atoms. The van der Waals surface area contributed by atoms with E-state index >= 15 is 0 Å². The maximum atomic E-state index is 12.1. The Morgan fingerprint density at radius 2 is 2.25 bits per heavy atom. The van der Waals surface area contributed by atoms with Crippen molar-refractivity contribution in [2.45, 2.75) is 26.3 Å². The summed E-state index contributed by atoms with van der Waals surface area (Å²) in [4.78, 5) is 17.4. The second-order valence-electron chi connectivity index (χ2n) is 4.57. The van der Waals surface area contributed by atoms with E-state index in [4.69, 9.17) is 0 Å². The van der Waals surface area contributed by atoms with Crippen molar-refractivity contribution in [2.75, 3.05) is 11.9 Å². The van der Waals surface area contributed by atoms with E-state index in [1.54, 1.807) is 23.6 Å². The van der Waals surface area contributed by atoms with Gasteiger partial charge in [-0.25, -0.2) is 4.98 Å². The minimum atomic E-state index is -0.145. The molecule has 2 aromatic heterocycles. The van der Waals surface area contributed by atoms with Gasteiger partial charge in [0, 0.05) is 11.4 Å². The van der Waals surface area contributed by atoms with Gasteiger partial charge in [0.15, 0.2) is 0 Å². The van der Waals surface area contributed by atoms with Crippen LogP contribution in [0.3, 0.4) is 0 Å². The van der Waals surface area contributed by atoms with E-state index in [0.29, 0.717) is 5.69 Å². The van der Waals surface area contributed by atoms with Crippen LogP contribution in [0.4, 0.5) is 5.69 Å². The maximum Gasteiger partial charge on any atom is 0.270 e. The molecule has 2 N–H and O–H groups in total. The summed E-state index contributed by atoms with van der Waals surface area (Å²) in [5.74, 6) is -0.145. The van der Waals surface area contributed by atoms with Gasteiger partial charge < -0.3 is 10.6 Å². The number of hydrogen-bond acceptors (Lipinski definition) is 4. The van der Waals surface area contributed by atoms with Crippen molar-refractivity contribution in [3.63, 3.8) is 0 Å². The summed E-state index contributed by atoms with van der Waals surface area (Å²) in [6, 6.07) is 7.62. The Kier molecular flexibility index (Phi) is 5.12. The normalized spacial score (nSPS) is 11.9. The Morgan fingerprint density at radius 1 is 1.40 bits per heavy atom. The smallest absolute Gasteiger partial charge is 0.270 e. The van der Waals surface area contributed by atoms with Crippen molar-refractivity contribution in [3.8, 4) is 0 Å². The molecule has 106 valence electrons. The van der Waals surface area contributed by atoms with E-state index in [1.807, 2.05) is 30.5 Å². The summed E-state index contributed by atoms with van der Waals surface area (Å²) in [5, 5.41) is 8.19. The van der Waals surface area contributed by atoms with Gasteiger partial charge in [-0.15, -0.1) is 11.3 Å². The van der Waals surface area contributed by atoms with Gasteiger partial charge in [-0.1, -0.05) is 13.0 Å². The number of thiophene rings is 1. The van der Waals surface area contributed by atoms with Crippen molar-refractivity contribution in [1.82, 2.24) is 10.3 Å². The van der Waals surface area contributed by atoms with Crippen LogP contribution in [-0.4, -0.2) is 17.4 Å². The summed E-state index contributed by atoms with van der Waals surface area (Å²) in [7, 11) is 0. The molecular formula is C15H19N3OS. The highest BCUT2D eigenvalue weighted by atomic mass is 32.1. The highest BCUT2D eigenvalue weighted by molar-refractivity contribution is 7.10. The molecule has 2 heterocycles. The number of aromatic nitrogens is 1. The Bertz CT molecular complexity index is 537. The molecule has 5 heteroatoms. The third-order valence-corrected chi connectivity index (χ3v) is 3.95. The van der Waals surface area contributed by atoms with E-state index in [9.17, 15) is 4.79 Å². The minimum absolute atomic E-state index is 0.00203. The number of pyridine rings is 1. The number of nitrogens with one attached hydrogen (secondary N) is 2. The zero-order chi connectivity index (χ0) is 14.4. The molecule has 0 saturated carbocycles. The van der Waals surface area contributed by atoms with Gasteiger partial charge in [0.25, 0.3) is 5.91 Å². The molecule has 0 aromatic carbocycles. The first kappa shape index (κ1) is 14.5. The van der Waals surface area contributed by atoms with Crippen LogP contribution >= 0.6 is 11.3 Å². The number of hydrogen-bond donors (Lipinski definition) is 2. The monoisotopic (exact) mass is 289 g/mol. The highest BCUT2D eigenvalue weighted by Crippen LogP contribution is 2.18. The van der Waals surface area contributed by atoms with E-state index in [2.05, 4.69) is 22.5 Å². The van der Waals surface area contributed by atoms with E-state index in [1.165, 1.54) is 0 Å². The van der Waals surface area contributed by atoms with Crippen LogP contribution in [-0.2, 0) is 0 Å². The van der Waals surface area contributed by atoms with Crippen LogP contribution in [0.15, 0.2) is 35.8 Å². The van der Waals surface area contributed by atoms with Crippen molar-refractivity contribution >= 4 is 22.9 Å². The number of anilines is 1. The summed E-state index contributed by atoms with van der Waals surface area (Å²) in [6.07, 6.45) is 2.75. The lowest BCUT2D eigenvalue weighted by Gasteiger charge is -2.12. The van der Waals surface area contributed by atoms with Crippen LogP contribution in [0, 0.1) is 0 Å². The Balaban J connectivity index is 1.95. The largest absolute Gasteiger partial charge is 0.384 e. The number of rotatable bonds is 6. The van der Waals surface area contributed by atoms with Gasteiger partial charge in [0.1, 0.15) is 5.69 Å². The predicted molar refractivity (Wildman–Crippen MR) is 83.2 cm³/mol. The second-order valence-corrected chi connectivity index (χ2v) is 5.55. The Labute approximate surface area is 123 Å². The van der Waals surface area contributed by atoms with Crippen molar-refractivity contribution in [2.24, 2.45) is 0 Å². The first-order chi connectivity index (χ1) is 9.70. The molecule has 0 radical (unpaired) electrons. The molecule has 0 aliphatic carbocycles. The van der Waals surface area contributed by atoms with Gasteiger partial charge in [0.05, 0.1) is 17.9 Å². The molecule has 0 aliphatic rings. The Hall–Kier alpha value is -1.88. The van der Waals surface area contributed by atoms with Crippen molar-refractivity contribution < 1.29 is 4.79 Å². The molecule has 2 aromatic rings. The molecule has 1 atom stereocenters. The van der Waals surface area contributed by atoms with E-state index < -0.39 is 0 Å². The summed E-state index contributed by atoms with van der Waals surface area (Å²) in [6.45, 7) is 4.98. The topological polar surface area (TPSA) is 54.0 Å². The van der Waals surface area contributed by atoms with Crippen LogP contribution in [0.25, 0.3) is 0 Å². The second kappa shape index (κ2) is 7.05. The van der Waals surface area contributed by atoms with Crippen LogP contribution in [0.2, 0.25) is 0 Å². The lowest BCUT2D eigenvalue weighted by molar-refractivity contribution is 0.0935. The molecule has 1 unspecified atom stereocenters. The zero-order valence-electron chi connectivity index (χ0n) is 11.7. The predicted octanol–water partition coefficient (Wildman–Crippen LogP) is 3.46. The van der Waals surface area contributed by atoms with Gasteiger partial charge in [0.2, 0.25) is 0 Å². The molecule has 0 aliphatic heterocycles. The fourth-order valence-corrected chi connectivity index (χ4v) is 2.52. The third kappa shape index (κ3) is 3.81. The fourth-order valence-electron chi connectivity index (χ4n) is 1.78.